The highest BCUT2D eigenvalue weighted by Gasteiger charge is 1.87. The smallest absolute Gasteiger partial charge is 0.0753 e. The Hall–Kier alpha value is 0.580. The largest absolute Gasteiger partial charge is 0.125 e. The molecule has 0 nitrogen and oxygen atoms in total. The molecule has 0 aromatic rings. The Labute approximate surface area is 42.1 Å². The van der Waals surface area contributed by atoms with Gasteiger partial charge < -0.3 is 0 Å². The van der Waals surface area contributed by atoms with Crippen LogP contribution in [0.25, 0.3) is 0 Å². The third-order valence-electron chi connectivity index (χ3n) is 0.184. The van der Waals surface area contributed by atoms with Gasteiger partial charge in [0, 0.05) is 5.88 Å². The summed E-state index contributed by atoms with van der Waals surface area (Å²) in [5.74, 6) is 0.460. The Morgan fingerprint density at radius 1 is 1.80 bits per heavy atom. The first kappa shape index (κ1) is 5.58. The highest BCUT2D eigenvalue weighted by Crippen LogP contribution is 2.03. The number of hydrogen-bond acceptors (Lipinski definition) is 0. The van der Waals surface area contributed by atoms with Crippen LogP contribution in [0.3, 0.4) is 0 Å². The van der Waals surface area contributed by atoms with Crippen LogP contribution in [0.2, 0.25) is 0 Å². The van der Waals surface area contributed by atoms with Gasteiger partial charge in [0.25, 0.3) is 0 Å². The van der Waals surface area contributed by atoms with E-state index in [2.05, 4.69) is 0 Å². The predicted molar refractivity (Wildman–Crippen MR) is 25.5 cm³/mol. The van der Waals surface area contributed by atoms with E-state index in [1.54, 1.807) is 6.92 Å². The van der Waals surface area contributed by atoms with E-state index in [1.165, 1.54) is 0 Å². The molecule has 0 aromatic heterocycles. The van der Waals surface area contributed by atoms with Crippen molar-refractivity contribution in [2.45, 2.75) is 6.92 Å². The van der Waals surface area contributed by atoms with E-state index in [9.17, 15) is 0 Å². The van der Waals surface area contributed by atoms with Crippen molar-refractivity contribution < 1.29 is 0 Å². The van der Waals surface area contributed by atoms with Gasteiger partial charge in [0.05, 0.1) is 5.38 Å². The fourth-order valence-electron chi connectivity index (χ4n) is 0. The molecule has 0 heterocycles. The molecule has 0 rings (SSSR count). The summed E-state index contributed by atoms with van der Waals surface area (Å²) in [6.07, 6.45) is 0. The summed E-state index contributed by atoms with van der Waals surface area (Å²) in [5.41, 5.74) is 0. The predicted octanol–water partition coefficient (Wildman–Crippen LogP) is 2.02. The van der Waals surface area contributed by atoms with Crippen LogP contribution >= 0.6 is 23.2 Å². The maximum Gasteiger partial charge on any atom is 0.0753 e. The average Bonchev–Trinajstić information content (AvgIpc) is 1.38. The van der Waals surface area contributed by atoms with Crippen molar-refractivity contribution in [3.63, 3.8) is 0 Å². The van der Waals surface area contributed by atoms with Crippen molar-refractivity contribution >= 4 is 23.2 Å². The van der Waals surface area contributed by atoms with Crippen molar-refractivity contribution in [1.29, 1.82) is 0 Å². The third kappa shape index (κ3) is 4.58. The van der Waals surface area contributed by atoms with E-state index in [4.69, 9.17) is 23.2 Å². The molecule has 31 valence electrons. The lowest BCUT2D eigenvalue weighted by atomic mass is 10.6. The Morgan fingerprint density at radius 3 is 2.00 bits per heavy atom. The minimum absolute atomic E-state index is 0.460. The van der Waals surface area contributed by atoms with Crippen LogP contribution in [0.15, 0.2) is 0 Å². The average molecular weight is 112 g/mol. The summed E-state index contributed by atoms with van der Waals surface area (Å²) in [5, 5.41) is 0.742. The Kier molecular flexibility index (Phi) is 3.12. The van der Waals surface area contributed by atoms with Gasteiger partial charge in [-0.05, 0) is 6.92 Å². The summed E-state index contributed by atoms with van der Waals surface area (Å²) in [7, 11) is 0. The molecule has 0 unspecified atom stereocenters. The van der Waals surface area contributed by atoms with Crippen LogP contribution < -0.4 is 0 Å². The van der Waals surface area contributed by atoms with Crippen LogP contribution in [0, 0.1) is 5.38 Å². The summed E-state index contributed by atoms with van der Waals surface area (Å²) < 4.78 is 0. The van der Waals surface area contributed by atoms with Crippen LogP contribution in [0.1, 0.15) is 6.92 Å². The van der Waals surface area contributed by atoms with Gasteiger partial charge in [-0.3, -0.25) is 0 Å². The zero-order valence-electron chi connectivity index (χ0n) is 2.96. The number of alkyl halides is 1. The molecule has 0 aliphatic rings. The van der Waals surface area contributed by atoms with E-state index in [0.717, 1.165) is 5.38 Å². The van der Waals surface area contributed by atoms with Crippen LogP contribution in [-0.2, 0) is 0 Å². The summed E-state index contributed by atoms with van der Waals surface area (Å²) in [6.45, 7) is 1.77. The van der Waals surface area contributed by atoms with Crippen LogP contribution in [0.5, 0.6) is 0 Å². The van der Waals surface area contributed by atoms with Gasteiger partial charge in [0.15, 0.2) is 0 Å². The van der Waals surface area contributed by atoms with E-state index < -0.39 is 0 Å². The van der Waals surface area contributed by atoms with Gasteiger partial charge in [0.2, 0.25) is 0 Å². The fraction of sp³-hybridized carbons (Fsp3) is 0.667. The standard InChI is InChI=1S/C3H5Cl2/c1-3(5)2-4/h2H2,1H3. The molecule has 0 fully saturated rings. The van der Waals surface area contributed by atoms with Crippen molar-refractivity contribution in [2.24, 2.45) is 0 Å². The molecule has 0 spiro atoms. The molecule has 0 saturated carbocycles. The van der Waals surface area contributed by atoms with Crippen molar-refractivity contribution in [3.05, 3.63) is 5.38 Å². The fourth-order valence-corrected chi connectivity index (χ4v) is 0. The maximum atomic E-state index is 5.25. The Balaban J connectivity index is 2.54. The van der Waals surface area contributed by atoms with Crippen LogP contribution in [-0.4, -0.2) is 5.88 Å². The zero-order valence-corrected chi connectivity index (χ0v) is 4.47. The Morgan fingerprint density at radius 2 is 2.00 bits per heavy atom. The monoisotopic (exact) mass is 111 g/mol. The molecular formula is C3H5Cl2. The van der Waals surface area contributed by atoms with Crippen molar-refractivity contribution in [3.8, 4) is 0 Å². The minimum atomic E-state index is 0.460. The van der Waals surface area contributed by atoms with Gasteiger partial charge in [0.1, 0.15) is 0 Å². The first-order chi connectivity index (χ1) is 2.27. The van der Waals surface area contributed by atoms with Gasteiger partial charge in [-0.2, -0.15) is 0 Å². The lowest BCUT2D eigenvalue weighted by Gasteiger charge is -1.84. The molecular weight excluding hydrogens is 107 g/mol. The molecule has 2 heteroatoms. The Bertz CT molecular complexity index is 18.9. The molecule has 0 atom stereocenters. The summed E-state index contributed by atoms with van der Waals surface area (Å²) >= 11 is 10.4. The summed E-state index contributed by atoms with van der Waals surface area (Å²) in [4.78, 5) is 0. The second-order valence-electron chi connectivity index (χ2n) is 0.810. The van der Waals surface area contributed by atoms with Crippen LogP contribution in [0.4, 0.5) is 0 Å². The van der Waals surface area contributed by atoms with Crippen molar-refractivity contribution in [2.75, 3.05) is 5.88 Å². The number of halogens is 2. The first-order valence-electron chi connectivity index (χ1n) is 1.31. The summed E-state index contributed by atoms with van der Waals surface area (Å²) in [6, 6.07) is 0. The highest BCUT2D eigenvalue weighted by atomic mass is 35.5. The number of hydrogen-bond donors (Lipinski definition) is 0. The van der Waals surface area contributed by atoms with E-state index in [0.29, 0.717) is 5.88 Å². The molecule has 0 bridgehead atoms. The second-order valence-corrected chi connectivity index (χ2v) is 1.72. The minimum Gasteiger partial charge on any atom is -0.125 e. The van der Waals surface area contributed by atoms with Gasteiger partial charge in [-0.15, -0.1) is 23.2 Å². The van der Waals surface area contributed by atoms with Crippen molar-refractivity contribution in [1.82, 2.24) is 0 Å². The molecule has 0 N–H and O–H groups in total. The molecule has 0 aliphatic carbocycles. The van der Waals surface area contributed by atoms with Gasteiger partial charge in [-0.1, -0.05) is 0 Å². The molecule has 0 amide bonds. The van der Waals surface area contributed by atoms with Gasteiger partial charge >= 0.3 is 0 Å². The second kappa shape index (κ2) is 2.80. The lowest BCUT2D eigenvalue weighted by molar-refractivity contribution is 1.33. The third-order valence-corrected chi connectivity index (χ3v) is 0.855. The van der Waals surface area contributed by atoms with E-state index >= 15 is 0 Å². The molecule has 0 aliphatic heterocycles. The molecule has 1 radical (unpaired) electrons. The zero-order chi connectivity index (χ0) is 4.28. The van der Waals surface area contributed by atoms with E-state index in [1.807, 2.05) is 0 Å². The molecule has 0 saturated heterocycles. The lowest BCUT2D eigenvalue weighted by Crippen LogP contribution is -1.74. The van der Waals surface area contributed by atoms with E-state index in [-0.39, 0.29) is 0 Å². The highest BCUT2D eigenvalue weighted by molar-refractivity contribution is 6.33. The quantitative estimate of drug-likeness (QED) is 0.455. The van der Waals surface area contributed by atoms with Gasteiger partial charge in [-0.25, -0.2) is 0 Å². The maximum absolute atomic E-state index is 5.25. The molecule has 0 aromatic carbocycles. The number of rotatable bonds is 1. The topological polar surface area (TPSA) is 0 Å². The molecule has 5 heavy (non-hydrogen) atoms. The normalized spacial score (nSPS) is 9.60. The SMILES string of the molecule is C[C](Cl)CCl. The first-order valence-corrected chi connectivity index (χ1v) is 2.22.